The van der Waals surface area contributed by atoms with Gasteiger partial charge in [0, 0.05) is 35.3 Å². The fourth-order valence-electron chi connectivity index (χ4n) is 2.90. The van der Waals surface area contributed by atoms with Gasteiger partial charge in [0.25, 0.3) is 5.91 Å². The Morgan fingerprint density at radius 2 is 1.96 bits per heavy atom. The highest BCUT2D eigenvalue weighted by atomic mass is 16.5. The van der Waals surface area contributed by atoms with Crippen LogP contribution in [-0.2, 0) is 11.3 Å². The smallest absolute Gasteiger partial charge is 0.336 e. The first kappa shape index (κ1) is 19.4. The van der Waals surface area contributed by atoms with E-state index in [9.17, 15) is 9.59 Å². The molecule has 0 fully saturated rings. The van der Waals surface area contributed by atoms with Gasteiger partial charge >= 0.3 is 5.63 Å². The highest BCUT2D eigenvalue weighted by Crippen LogP contribution is 2.22. The fourth-order valence-corrected chi connectivity index (χ4v) is 2.90. The van der Waals surface area contributed by atoms with Gasteiger partial charge in [-0.25, -0.2) is 9.78 Å². The normalized spacial score (nSPS) is 11.9. The zero-order chi connectivity index (χ0) is 20.3. The molecule has 1 N–H and O–H groups in total. The van der Waals surface area contributed by atoms with Crippen molar-refractivity contribution in [1.29, 1.82) is 0 Å². The number of carbonyl (C=O) groups excluding carboxylic acids is 1. The van der Waals surface area contributed by atoms with Crippen molar-refractivity contribution in [3.8, 4) is 11.6 Å². The number of hydrogen-bond acceptors (Lipinski definition) is 6. The Hall–Kier alpha value is -3.35. The van der Waals surface area contributed by atoms with Crippen LogP contribution < -0.4 is 20.4 Å². The van der Waals surface area contributed by atoms with E-state index in [1.165, 1.54) is 6.07 Å². The van der Waals surface area contributed by atoms with Gasteiger partial charge in [0.2, 0.25) is 5.88 Å². The molecule has 0 spiro atoms. The van der Waals surface area contributed by atoms with Crippen molar-refractivity contribution in [2.75, 3.05) is 7.11 Å². The van der Waals surface area contributed by atoms with E-state index in [1.54, 1.807) is 38.3 Å². The van der Waals surface area contributed by atoms with E-state index in [4.69, 9.17) is 13.9 Å². The van der Waals surface area contributed by atoms with Gasteiger partial charge in [-0.05, 0) is 50.6 Å². The maximum Gasteiger partial charge on any atom is 0.336 e. The first-order chi connectivity index (χ1) is 13.4. The van der Waals surface area contributed by atoms with E-state index in [0.717, 1.165) is 22.2 Å². The van der Waals surface area contributed by atoms with Gasteiger partial charge < -0.3 is 19.2 Å². The second-order valence-electron chi connectivity index (χ2n) is 6.50. The number of fused-ring (bicyclic) bond motifs is 1. The van der Waals surface area contributed by atoms with Gasteiger partial charge in [0.15, 0.2) is 6.10 Å². The predicted octanol–water partition coefficient (Wildman–Crippen LogP) is 2.90. The van der Waals surface area contributed by atoms with Crippen LogP contribution in [0.1, 0.15) is 23.7 Å². The molecule has 0 aliphatic heterocycles. The second-order valence-corrected chi connectivity index (χ2v) is 6.50. The molecule has 1 unspecified atom stereocenters. The van der Waals surface area contributed by atoms with E-state index >= 15 is 0 Å². The number of methoxy groups -OCH3 is 1. The van der Waals surface area contributed by atoms with Crippen LogP contribution >= 0.6 is 0 Å². The fraction of sp³-hybridized carbons (Fsp3) is 0.286. The number of ether oxygens (including phenoxy) is 2. The third-order valence-corrected chi connectivity index (χ3v) is 4.35. The molecule has 0 aliphatic rings. The van der Waals surface area contributed by atoms with Crippen molar-refractivity contribution < 1.29 is 18.7 Å². The number of rotatable bonds is 6. The van der Waals surface area contributed by atoms with Crippen molar-refractivity contribution in [2.24, 2.45) is 0 Å². The molecule has 146 valence electrons. The van der Waals surface area contributed by atoms with Crippen LogP contribution in [0.2, 0.25) is 0 Å². The van der Waals surface area contributed by atoms with Crippen LogP contribution in [0.25, 0.3) is 11.0 Å². The maximum atomic E-state index is 12.4. The summed E-state index contributed by atoms with van der Waals surface area (Å²) in [5.74, 6) is 0.655. The lowest BCUT2D eigenvalue weighted by atomic mass is 10.1. The van der Waals surface area contributed by atoms with E-state index < -0.39 is 11.7 Å². The first-order valence-corrected chi connectivity index (χ1v) is 8.87. The van der Waals surface area contributed by atoms with Crippen LogP contribution in [0.5, 0.6) is 11.6 Å². The van der Waals surface area contributed by atoms with Gasteiger partial charge in [0.05, 0.1) is 7.11 Å². The van der Waals surface area contributed by atoms with Crippen LogP contribution in [-0.4, -0.2) is 24.1 Å². The van der Waals surface area contributed by atoms with Crippen LogP contribution in [0, 0.1) is 13.8 Å². The number of aryl methyl sites for hydroxylation is 2. The van der Waals surface area contributed by atoms with Gasteiger partial charge in [-0.2, -0.15) is 0 Å². The molecule has 0 bridgehead atoms. The Morgan fingerprint density at radius 3 is 2.71 bits per heavy atom. The number of carbonyl (C=O) groups is 1. The zero-order valence-electron chi connectivity index (χ0n) is 16.2. The molecule has 1 amide bonds. The molecule has 3 rings (SSSR count). The SMILES string of the molecule is COc1nc(C)cc(C)c1CNC(=O)C(C)Oc1ccc2ccc(=O)oc2c1. The zero-order valence-corrected chi connectivity index (χ0v) is 16.2. The highest BCUT2D eigenvalue weighted by Gasteiger charge is 2.17. The molecule has 2 heterocycles. The Labute approximate surface area is 162 Å². The Kier molecular flexibility index (Phi) is 5.63. The number of amides is 1. The number of benzene rings is 1. The minimum atomic E-state index is -0.738. The van der Waals surface area contributed by atoms with E-state index in [0.29, 0.717) is 17.2 Å². The number of hydrogen-bond donors (Lipinski definition) is 1. The molecule has 28 heavy (non-hydrogen) atoms. The Bertz CT molecular complexity index is 1070. The molecule has 7 nitrogen and oxygen atoms in total. The average molecular weight is 382 g/mol. The third kappa shape index (κ3) is 4.31. The second kappa shape index (κ2) is 8.12. The molecule has 2 aromatic heterocycles. The van der Waals surface area contributed by atoms with Crippen molar-refractivity contribution in [2.45, 2.75) is 33.4 Å². The summed E-state index contributed by atoms with van der Waals surface area (Å²) in [6.45, 7) is 5.76. The van der Waals surface area contributed by atoms with Crippen molar-refractivity contribution in [1.82, 2.24) is 10.3 Å². The van der Waals surface area contributed by atoms with Gasteiger partial charge in [-0.15, -0.1) is 0 Å². The van der Waals surface area contributed by atoms with Crippen LogP contribution in [0.3, 0.4) is 0 Å². The summed E-state index contributed by atoms with van der Waals surface area (Å²) in [4.78, 5) is 28.1. The molecular formula is C21H22N2O5. The lowest BCUT2D eigenvalue weighted by molar-refractivity contribution is -0.127. The number of nitrogens with one attached hydrogen (secondary N) is 1. The summed E-state index contributed by atoms with van der Waals surface area (Å²) in [6.07, 6.45) is -0.738. The Balaban J connectivity index is 1.68. The van der Waals surface area contributed by atoms with Crippen molar-refractivity contribution in [3.63, 3.8) is 0 Å². The molecule has 1 atom stereocenters. The Morgan fingerprint density at radius 1 is 1.21 bits per heavy atom. The minimum Gasteiger partial charge on any atom is -0.481 e. The summed E-state index contributed by atoms with van der Waals surface area (Å²) in [5.41, 5.74) is 2.63. The van der Waals surface area contributed by atoms with E-state index in [1.807, 2.05) is 19.9 Å². The molecular weight excluding hydrogens is 360 g/mol. The van der Waals surface area contributed by atoms with Gasteiger partial charge in [-0.3, -0.25) is 4.79 Å². The summed E-state index contributed by atoms with van der Waals surface area (Å²) in [7, 11) is 1.55. The highest BCUT2D eigenvalue weighted by molar-refractivity contribution is 5.81. The number of pyridine rings is 1. The molecule has 1 aromatic carbocycles. The lowest BCUT2D eigenvalue weighted by Crippen LogP contribution is -2.36. The molecule has 3 aromatic rings. The molecule has 7 heteroatoms. The van der Waals surface area contributed by atoms with Crippen LogP contribution in [0.15, 0.2) is 45.6 Å². The number of nitrogens with zero attached hydrogens (tertiary/aromatic N) is 1. The summed E-state index contributed by atoms with van der Waals surface area (Å²) >= 11 is 0. The quantitative estimate of drug-likeness (QED) is 0.659. The molecule has 0 aliphatic carbocycles. The summed E-state index contributed by atoms with van der Waals surface area (Å²) < 4.78 is 16.2. The lowest BCUT2D eigenvalue weighted by Gasteiger charge is -2.17. The monoisotopic (exact) mass is 382 g/mol. The average Bonchev–Trinajstić information content (AvgIpc) is 2.66. The van der Waals surface area contributed by atoms with Crippen molar-refractivity contribution >= 4 is 16.9 Å². The first-order valence-electron chi connectivity index (χ1n) is 8.87. The minimum absolute atomic E-state index is 0.279. The number of aromatic nitrogens is 1. The van der Waals surface area contributed by atoms with E-state index in [-0.39, 0.29) is 12.5 Å². The molecule has 0 saturated heterocycles. The molecule has 0 saturated carbocycles. The predicted molar refractivity (Wildman–Crippen MR) is 105 cm³/mol. The van der Waals surface area contributed by atoms with E-state index in [2.05, 4.69) is 10.3 Å². The summed E-state index contributed by atoms with van der Waals surface area (Å²) in [5, 5.41) is 3.62. The molecule has 0 radical (unpaired) electrons. The largest absolute Gasteiger partial charge is 0.481 e. The van der Waals surface area contributed by atoms with Gasteiger partial charge in [-0.1, -0.05) is 0 Å². The third-order valence-electron chi connectivity index (χ3n) is 4.35. The maximum absolute atomic E-state index is 12.4. The standard InChI is InChI=1S/C21H22N2O5/c1-12-9-13(2)23-21(26-4)17(12)11-22-20(25)14(3)27-16-7-5-15-6-8-19(24)28-18(15)10-16/h5-10,14H,11H2,1-4H3,(H,22,25). The topological polar surface area (TPSA) is 90.7 Å². The van der Waals surface area contributed by atoms with Crippen LogP contribution in [0.4, 0.5) is 0 Å². The van der Waals surface area contributed by atoms with Crippen molar-refractivity contribution in [3.05, 3.63) is 63.6 Å². The summed E-state index contributed by atoms with van der Waals surface area (Å²) in [6, 6.07) is 10.1. The van der Waals surface area contributed by atoms with Gasteiger partial charge in [0.1, 0.15) is 11.3 Å².